The van der Waals surface area contributed by atoms with Gasteiger partial charge in [0.1, 0.15) is 11.6 Å². The molecule has 0 bridgehead atoms. The molecule has 0 spiro atoms. The lowest BCUT2D eigenvalue weighted by Gasteiger charge is -2.26. The minimum absolute atomic E-state index is 0.103. The van der Waals surface area contributed by atoms with Gasteiger partial charge in [0.25, 0.3) is 0 Å². The standard InChI is InChI=1S/C20H16ClFN6/c21-20-24-10-14(11-25-20)17-12-23-18-6-7-19(26-28(17)18)27-8-2-5-16(27)13-3-1-4-15(22)9-13/h1,3-4,6-7,9-12,16H,2,5,8H2. The van der Waals surface area contributed by atoms with Crippen molar-refractivity contribution in [3.8, 4) is 11.3 Å². The first-order valence-electron chi connectivity index (χ1n) is 9.04. The molecule has 1 aliphatic rings. The van der Waals surface area contributed by atoms with E-state index in [1.54, 1.807) is 35.2 Å². The van der Waals surface area contributed by atoms with Crippen LogP contribution >= 0.6 is 11.6 Å². The molecule has 0 radical (unpaired) electrons. The zero-order valence-electron chi connectivity index (χ0n) is 14.8. The van der Waals surface area contributed by atoms with Crippen LogP contribution in [0, 0.1) is 5.82 Å². The monoisotopic (exact) mass is 394 g/mol. The molecule has 28 heavy (non-hydrogen) atoms. The Morgan fingerprint density at radius 3 is 2.71 bits per heavy atom. The summed E-state index contributed by atoms with van der Waals surface area (Å²) >= 11 is 5.79. The van der Waals surface area contributed by atoms with Crippen LogP contribution in [0.4, 0.5) is 10.2 Å². The minimum Gasteiger partial charge on any atom is -0.348 e. The van der Waals surface area contributed by atoms with Crippen molar-refractivity contribution in [2.24, 2.45) is 0 Å². The summed E-state index contributed by atoms with van der Waals surface area (Å²) in [5.74, 6) is 0.612. The highest BCUT2D eigenvalue weighted by Crippen LogP contribution is 2.35. The van der Waals surface area contributed by atoms with Crippen molar-refractivity contribution in [2.75, 3.05) is 11.4 Å². The zero-order chi connectivity index (χ0) is 19.1. The number of aromatic nitrogens is 5. The molecule has 1 aliphatic heterocycles. The molecule has 0 saturated carbocycles. The van der Waals surface area contributed by atoms with E-state index in [2.05, 4.69) is 19.9 Å². The van der Waals surface area contributed by atoms with Gasteiger partial charge < -0.3 is 4.90 Å². The molecule has 0 N–H and O–H groups in total. The first-order chi connectivity index (χ1) is 13.7. The van der Waals surface area contributed by atoms with Crippen LogP contribution in [0.3, 0.4) is 0 Å². The molecule has 4 aromatic rings. The van der Waals surface area contributed by atoms with Crippen LogP contribution in [0.5, 0.6) is 0 Å². The van der Waals surface area contributed by atoms with E-state index < -0.39 is 0 Å². The summed E-state index contributed by atoms with van der Waals surface area (Å²) in [6, 6.07) is 10.8. The number of nitrogens with zero attached hydrogens (tertiary/aromatic N) is 6. The third-order valence-corrected chi connectivity index (χ3v) is 5.24. The van der Waals surface area contributed by atoms with Crippen LogP contribution in [-0.4, -0.2) is 31.1 Å². The molecular formula is C20H16ClFN6. The van der Waals surface area contributed by atoms with Gasteiger partial charge >= 0.3 is 0 Å². The van der Waals surface area contributed by atoms with Crippen LogP contribution in [0.25, 0.3) is 16.9 Å². The average Bonchev–Trinajstić information content (AvgIpc) is 3.35. The first kappa shape index (κ1) is 17.1. The van der Waals surface area contributed by atoms with Gasteiger partial charge in [-0.05, 0) is 54.3 Å². The van der Waals surface area contributed by atoms with Crippen molar-refractivity contribution in [3.63, 3.8) is 0 Å². The Morgan fingerprint density at radius 1 is 1.04 bits per heavy atom. The third kappa shape index (κ3) is 2.97. The van der Waals surface area contributed by atoms with E-state index >= 15 is 0 Å². The number of rotatable bonds is 3. The van der Waals surface area contributed by atoms with E-state index in [-0.39, 0.29) is 17.1 Å². The highest BCUT2D eigenvalue weighted by atomic mass is 35.5. The van der Waals surface area contributed by atoms with Crippen LogP contribution in [0.1, 0.15) is 24.4 Å². The summed E-state index contributed by atoms with van der Waals surface area (Å²) in [5, 5.41) is 5.01. The molecule has 8 heteroatoms. The van der Waals surface area contributed by atoms with Gasteiger partial charge in [0, 0.05) is 24.5 Å². The fraction of sp³-hybridized carbons (Fsp3) is 0.200. The molecule has 6 nitrogen and oxygen atoms in total. The topological polar surface area (TPSA) is 59.2 Å². The van der Waals surface area contributed by atoms with Gasteiger partial charge in [-0.1, -0.05) is 12.1 Å². The van der Waals surface area contributed by atoms with Crippen molar-refractivity contribution in [3.05, 3.63) is 71.7 Å². The Hall–Kier alpha value is -3.06. The van der Waals surface area contributed by atoms with Crippen molar-refractivity contribution >= 4 is 23.1 Å². The number of benzene rings is 1. The summed E-state index contributed by atoms with van der Waals surface area (Å²) in [7, 11) is 0. The highest BCUT2D eigenvalue weighted by Gasteiger charge is 2.28. The van der Waals surface area contributed by atoms with Gasteiger partial charge in [0.2, 0.25) is 5.28 Å². The van der Waals surface area contributed by atoms with E-state index in [1.165, 1.54) is 6.07 Å². The van der Waals surface area contributed by atoms with Gasteiger partial charge in [-0.2, -0.15) is 0 Å². The van der Waals surface area contributed by atoms with Crippen LogP contribution in [-0.2, 0) is 0 Å². The maximum absolute atomic E-state index is 13.7. The molecule has 1 saturated heterocycles. The second-order valence-corrected chi connectivity index (χ2v) is 7.09. The predicted octanol–water partition coefficient (Wildman–Crippen LogP) is 4.32. The SMILES string of the molecule is Fc1cccc(C2CCCN2c2ccc3ncc(-c4cnc(Cl)nc4)n3n2)c1. The Balaban J connectivity index is 1.55. The Labute approximate surface area is 165 Å². The molecule has 140 valence electrons. The lowest BCUT2D eigenvalue weighted by molar-refractivity contribution is 0.617. The van der Waals surface area contributed by atoms with E-state index in [0.29, 0.717) is 0 Å². The second-order valence-electron chi connectivity index (χ2n) is 6.75. The van der Waals surface area contributed by atoms with Crippen molar-refractivity contribution < 1.29 is 4.39 Å². The van der Waals surface area contributed by atoms with Crippen LogP contribution in [0.15, 0.2) is 55.0 Å². The second kappa shape index (κ2) is 6.83. The van der Waals surface area contributed by atoms with Crippen molar-refractivity contribution in [1.82, 2.24) is 24.6 Å². The van der Waals surface area contributed by atoms with E-state index in [1.807, 2.05) is 18.2 Å². The lowest BCUT2D eigenvalue weighted by Crippen LogP contribution is -2.24. The molecule has 4 heterocycles. The summed E-state index contributed by atoms with van der Waals surface area (Å²) in [5.41, 5.74) is 3.27. The highest BCUT2D eigenvalue weighted by molar-refractivity contribution is 6.28. The Kier molecular flexibility index (Phi) is 4.16. The van der Waals surface area contributed by atoms with Gasteiger partial charge in [0.15, 0.2) is 5.65 Å². The number of anilines is 1. The van der Waals surface area contributed by atoms with Crippen LogP contribution in [0.2, 0.25) is 5.28 Å². The Bertz CT molecular complexity index is 1140. The summed E-state index contributed by atoms with van der Waals surface area (Å²) < 4.78 is 15.5. The fourth-order valence-corrected chi connectivity index (χ4v) is 3.86. The van der Waals surface area contributed by atoms with E-state index in [4.69, 9.17) is 16.7 Å². The van der Waals surface area contributed by atoms with Crippen molar-refractivity contribution in [1.29, 1.82) is 0 Å². The van der Waals surface area contributed by atoms with E-state index in [9.17, 15) is 4.39 Å². The molecular weight excluding hydrogens is 379 g/mol. The maximum Gasteiger partial charge on any atom is 0.222 e. The van der Waals surface area contributed by atoms with Gasteiger partial charge in [-0.15, -0.1) is 5.10 Å². The summed E-state index contributed by atoms with van der Waals surface area (Å²) in [4.78, 5) is 14.7. The molecule has 1 unspecified atom stereocenters. The van der Waals surface area contributed by atoms with E-state index in [0.717, 1.165) is 47.7 Å². The predicted molar refractivity (Wildman–Crippen MR) is 105 cm³/mol. The largest absolute Gasteiger partial charge is 0.348 e. The zero-order valence-corrected chi connectivity index (χ0v) is 15.6. The third-order valence-electron chi connectivity index (χ3n) is 5.04. The molecule has 1 aromatic carbocycles. The number of halogens is 2. The number of fused-ring (bicyclic) bond motifs is 1. The van der Waals surface area contributed by atoms with Gasteiger partial charge in [0.05, 0.1) is 17.9 Å². The van der Waals surface area contributed by atoms with Gasteiger partial charge in [-0.25, -0.2) is 23.9 Å². The molecule has 5 rings (SSSR count). The number of hydrogen-bond donors (Lipinski definition) is 0. The lowest BCUT2D eigenvalue weighted by atomic mass is 10.0. The molecule has 3 aromatic heterocycles. The number of hydrogen-bond acceptors (Lipinski definition) is 5. The Morgan fingerprint density at radius 2 is 1.89 bits per heavy atom. The average molecular weight is 395 g/mol. The molecule has 1 fully saturated rings. The minimum atomic E-state index is -0.215. The molecule has 0 aliphatic carbocycles. The van der Waals surface area contributed by atoms with Crippen LogP contribution < -0.4 is 4.90 Å². The van der Waals surface area contributed by atoms with Crippen molar-refractivity contribution in [2.45, 2.75) is 18.9 Å². The smallest absolute Gasteiger partial charge is 0.222 e. The molecule has 1 atom stereocenters. The first-order valence-corrected chi connectivity index (χ1v) is 9.42. The quantitative estimate of drug-likeness (QED) is 0.484. The summed E-state index contributed by atoms with van der Waals surface area (Å²) in [6.07, 6.45) is 7.04. The maximum atomic E-state index is 13.7. The normalized spacial score (nSPS) is 16.8. The van der Waals surface area contributed by atoms with Gasteiger partial charge in [-0.3, -0.25) is 0 Å². The number of imidazole rings is 1. The summed E-state index contributed by atoms with van der Waals surface area (Å²) in [6.45, 7) is 0.869. The fourth-order valence-electron chi connectivity index (χ4n) is 3.76. The molecule has 0 amide bonds.